The van der Waals surface area contributed by atoms with Gasteiger partial charge in [0, 0.05) is 47.8 Å². The third kappa shape index (κ3) is 4.19. The summed E-state index contributed by atoms with van der Waals surface area (Å²) in [6.07, 6.45) is 3.48. The van der Waals surface area contributed by atoms with Crippen LogP contribution < -0.4 is 4.90 Å². The van der Waals surface area contributed by atoms with Crippen LogP contribution >= 0.6 is 22.7 Å². The number of nitrogens with zero attached hydrogens (tertiary/aromatic N) is 2. The second kappa shape index (κ2) is 10.3. The number of ketones is 2. The normalized spacial score (nSPS) is 14.5. The molecule has 7 aromatic rings. The van der Waals surface area contributed by atoms with Crippen molar-refractivity contribution in [1.29, 1.82) is 0 Å². The molecule has 2 aliphatic carbocycles. The summed E-state index contributed by atoms with van der Waals surface area (Å²) in [5.74, 6) is -3.45. The molecule has 0 unspecified atom stereocenters. The van der Waals surface area contributed by atoms with Gasteiger partial charge in [-0.2, -0.15) is 0 Å². The Bertz CT molecular complexity index is 2520. The molecule has 0 spiro atoms. The molecule has 9 rings (SSSR count). The van der Waals surface area contributed by atoms with E-state index < -0.39 is 23.2 Å². The summed E-state index contributed by atoms with van der Waals surface area (Å²) < 4.78 is 29.9. The van der Waals surface area contributed by atoms with Crippen molar-refractivity contribution in [1.82, 2.24) is 4.98 Å². The van der Waals surface area contributed by atoms with Crippen LogP contribution in [-0.4, -0.2) is 16.6 Å². The molecule has 8 heteroatoms. The van der Waals surface area contributed by atoms with Gasteiger partial charge in [-0.1, -0.05) is 56.3 Å². The van der Waals surface area contributed by atoms with E-state index in [-0.39, 0.29) is 22.1 Å². The average molecular weight is 667 g/mol. The number of carbonyl (C=O) groups excluding carboxylic acids is 2. The fourth-order valence-corrected chi connectivity index (χ4v) is 10.00. The second-order valence-corrected chi connectivity index (χ2v) is 14.7. The maximum Gasteiger partial charge on any atom is 0.197 e. The van der Waals surface area contributed by atoms with Gasteiger partial charge in [0.1, 0.15) is 0 Å². The molecule has 0 N–H and O–H groups in total. The zero-order chi connectivity index (χ0) is 32.9. The highest BCUT2D eigenvalue weighted by atomic mass is 32.1. The Hall–Kier alpha value is -5.31. The van der Waals surface area contributed by atoms with Gasteiger partial charge in [0.2, 0.25) is 0 Å². The van der Waals surface area contributed by atoms with Crippen molar-refractivity contribution in [3.8, 4) is 10.4 Å². The quantitative estimate of drug-likeness (QED) is 0.139. The molecule has 0 atom stereocenters. The topological polar surface area (TPSA) is 50.3 Å². The molecule has 48 heavy (non-hydrogen) atoms. The number of benzene rings is 4. The minimum Gasteiger partial charge on any atom is -0.309 e. The first kappa shape index (κ1) is 28.9. The number of hydrogen-bond acceptors (Lipinski definition) is 6. The number of allylic oxidation sites excluding steroid dienone is 1. The van der Waals surface area contributed by atoms with Crippen molar-refractivity contribution < 1.29 is 18.4 Å². The van der Waals surface area contributed by atoms with Crippen LogP contribution in [0.5, 0.6) is 0 Å². The van der Waals surface area contributed by atoms with E-state index in [4.69, 9.17) is 4.98 Å². The molecule has 0 saturated carbocycles. The number of Topliss-reactive ketones (excluding diaryl/α,β-unsaturated/α-hetero) is 2. The van der Waals surface area contributed by atoms with E-state index in [1.807, 2.05) is 48.7 Å². The number of fused-ring (bicyclic) bond motifs is 7. The van der Waals surface area contributed by atoms with Crippen molar-refractivity contribution in [2.24, 2.45) is 0 Å². The number of rotatable bonds is 4. The van der Waals surface area contributed by atoms with Crippen molar-refractivity contribution >= 4 is 77.7 Å². The maximum atomic E-state index is 13.9. The smallest absolute Gasteiger partial charge is 0.197 e. The number of thiophene rings is 2. The first-order valence-corrected chi connectivity index (χ1v) is 17.0. The Morgan fingerprint density at radius 2 is 1.44 bits per heavy atom. The Balaban J connectivity index is 1.12. The molecule has 232 valence electrons. The zero-order valence-electron chi connectivity index (χ0n) is 25.7. The number of hydrogen-bond donors (Lipinski definition) is 0. The monoisotopic (exact) mass is 666 g/mol. The SMILES string of the molecule is CC1(C)c2cc(N(c3ccccc3)c3cnc4ccccc4c3)ccc2-c2sc3cc(C=C4C(=O)c5cc(F)c(F)cc5C4=O)sc3c21. The molecule has 3 heterocycles. The minimum absolute atomic E-state index is 0.0723. The second-order valence-electron chi connectivity index (χ2n) is 12.6. The lowest BCUT2D eigenvalue weighted by molar-refractivity contribution is 0.0990. The summed E-state index contributed by atoms with van der Waals surface area (Å²) in [5, 5.41) is 1.06. The zero-order valence-corrected chi connectivity index (χ0v) is 27.3. The fourth-order valence-electron chi connectivity index (χ4n) is 7.05. The van der Waals surface area contributed by atoms with Crippen molar-refractivity contribution in [2.75, 3.05) is 4.90 Å². The van der Waals surface area contributed by atoms with E-state index in [1.54, 1.807) is 17.4 Å². The van der Waals surface area contributed by atoms with Crippen molar-refractivity contribution in [3.63, 3.8) is 0 Å². The summed E-state index contributed by atoms with van der Waals surface area (Å²) in [4.78, 5) is 35.0. The Morgan fingerprint density at radius 1 is 0.729 bits per heavy atom. The van der Waals surface area contributed by atoms with Gasteiger partial charge in [-0.25, -0.2) is 8.78 Å². The van der Waals surface area contributed by atoms with Gasteiger partial charge in [-0.3, -0.25) is 14.6 Å². The molecule has 0 amide bonds. The fraction of sp³-hybridized carbons (Fsp3) is 0.0750. The van der Waals surface area contributed by atoms with Crippen LogP contribution in [0.3, 0.4) is 0 Å². The van der Waals surface area contributed by atoms with Crippen LogP contribution in [0, 0.1) is 11.6 Å². The number of carbonyl (C=O) groups is 2. The van der Waals surface area contributed by atoms with Gasteiger partial charge in [0.25, 0.3) is 0 Å². The third-order valence-corrected chi connectivity index (χ3v) is 11.8. The van der Waals surface area contributed by atoms with Crippen LogP contribution in [0.4, 0.5) is 25.8 Å². The molecule has 4 aromatic carbocycles. The number of para-hydroxylation sites is 2. The third-order valence-electron chi connectivity index (χ3n) is 9.36. The van der Waals surface area contributed by atoms with Gasteiger partial charge in [0.15, 0.2) is 23.2 Å². The molecule has 0 radical (unpaired) electrons. The number of halogens is 2. The van der Waals surface area contributed by atoms with Gasteiger partial charge in [-0.05, 0) is 77.4 Å². The van der Waals surface area contributed by atoms with Crippen LogP contribution in [0.25, 0.3) is 36.8 Å². The predicted molar refractivity (Wildman–Crippen MR) is 190 cm³/mol. The Morgan fingerprint density at radius 3 is 2.19 bits per heavy atom. The molecule has 3 aromatic heterocycles. The summed E-state index contributed by atoms with van der Waals surface area (Å²) in [5.41, 5.74) is 7.00. The van der Waals surface area contributed by atoms with Gasteiger partial charge in [0.05, 0.1) is 27.7 Å². The highest BCUT2D eigenvalue weighted by molar-refractivity contribution is 7.30. The van der Waals surface area contributed by atoms with E-state index in [0.717, 1.165) is 54.4 Å². The van der Waals surface area contributed by atoms with E-state index in [9.17, 15) is 18.4 Å². The maximum absolute atomic E-state index is 13.9. The molecule has 0 fully saturated rings. The molecule has 0 saturated heterocycles. The van der Waals surface area contributed by atoms with Crippen LogP contribution in [0.1, 0.15) is 50.6 Å². The average Bonchev–Trinajstić information content (AvgIpc) is 3.77. The van der Waals surface area contributed by atoms with E-state index in [2.05, 4.69) is 61.2 Å². The van der Waals surface area contributed by atoms with E-state index in [0.29, 0.717) is 0 Å². The van der Waals surface area contributed by atoms with Crippen LogP contribution in [0.2, 0.25) is 0 Å². The Labute approximate surface area is 282 Å². The lowest BCUT2D eigenvalue weighted by Gasteiger charge is -2.28. The highest BCUT2D eigenvalue weighted by Crippen LogP contribution is 2.58. The lowest BCUT2D eigenvalue weighted by Crippen LogP contribution is -2.16. The predicted octanol–water partition coefficient (Wildman–Crippen LogP) is 11.0. The molecular weight excluding hydrogens is 643 g/mol. The summed E-state index contributed by atoms with van der Waals surface area (Å²) in [6.45, 7) is 4.47. The lowest BCUT2D eigenvalue weighted by atomic mass is 9.82. The first-order valence-electron chi connectivity index (χ1n) is 15.4. The molecular formula is C40H24F2N2O2S2. The van der Waals surface area contributed by atoms with E-state index in [1.165, 1.54) is 32.9 Å². The number of pyridine rings is 1. The van der Waals surface area contributed by atoms with Crippen molar-refractivity contribution in [3.05, 3.63) is 148 Å². The van der Waals surface area contributed by atoms with E-state index >= 15 is 0 Å². The van der Waals surface area contributed by atoms with Crippen LogP contribution in [-0.2, 0) is 5.41 Å². The van der Waals surface area contributed by atoms with Gasteiger partial charge < -0.3 is 4.90 Å². The first-order chi connectivity index (χ1) is 23.2. The van der Waals surface area contributed by atoms with Crippen LogP contribution in [0.15, 0.2) is 109 Å². The standard InChI is InChI=1S/C40H24F2N2O2S2/c1-40(2)30-15-23(44(22-9-4-3-5-10-22)24-14-21-8-6-7-11-33(21)43-20-24)12-13-26(30)38-35(40)39-34(48-38)17-25(47-39)16-29-36(45)27-18-31(41)32(42)19-28(27)37(29)46/h3-20H,1-2H3. The van der Waals surface area contributed by atoms with Gasteiger partial charge >= 0.3 is 0 Å². The molecule has 4 nitrogen and oxygen atoms in total. The summed E-state index contributed by atoms with van der Waals surface area (Å²) >= 11 is 3.23. The largest absolute Gasteiger partial charge is 0.309 e. The minimum atomic E-state index is -1.14. The molecule has 2 aliphatic rings. The summed E-state index contributed by atoms with van der Waals surface area (Å²) in [7, 11) is 0. The molecule has 0 bridgehead atoms. The van der Waals surface area contributed by atoms with Crippen molar-refractivity contribution in [2.45, 2.75) is 19.3 Å². The number of anilines is 3. The summed E-state index contributed by atoms with van der Waals surface area (Å²) in [6, 6.07) is 30.8. The molecule has 0 aliphatic heterocycles. The van der Waals surface area contributed by atoms with Gasteiger partial charge in [-0.15, -0.1) is 22.7 Å². The highest BCUT2D eigenvalue weighted by Gasteiger charge is 2.40. The Kier molecular flexibility index (Phi) is 6.22. The number of aromatic nitrogens is 1.